The topological polar surface area (TPSA) is 54.5 Å². The summed E-state index contributed by atoms with van der Waals surface area (Å²) in [5, 5.41) is 4.02. The fourth-order valence-electron chi connectivity index (χ4n) is 3.37. The molecule has 26 heavy (non-hydrogen) atoms. The van der Waals surface area contributed by atoms with Gasteiger partial charge < -0.3 is 15.0 Å². The van der Waals surface area contributed by atoms with Crippen molar-refractivity contribution in [1.82, 2.24) is 9.88 Å². The normalized spacial score (nSPS) is 20.1. The van der Waals surface area contributed by atoms with Gasteiger partial charge in [0.15, 0.2) is 0 Å². The summed E-state index contributed by atoms with van der Waals surface area (Å²) < 4.78 is 6.04. The van der Waals surface area contributed by atoms with E-state index >= 15 is 0 Å². The Morgan fingerprint density at radius 3 is 2.73 bits per heavy atom. The van der Waals surface area contributed by atoms with Crippen molar-refractivity contribution in [3.8, 4) is 0 Å². The van der Waals surface area contributed by atoms with Crippen molar-refractivity contribution in [2.45, 2.75) is 19.1 Å². The number of pyridine rings is 1. The molecule has 132 valence electrons. The summed E-state index contributed by atoms with van der Waals surface area (Å²) in [6, 6.07) is 19.6. The number of ether oxygens (including phenoxy) is 1. The fourth-order valence-corrected chi connectivity index (χ4v) is 3.37. The Kier molecular flexibility index (Phi) is 4.54. The molecule has 5 nitrogen and oxygen atoms in total. The summed E-state index contributed by atoms with van der Waals surface area (Å²) in [6.45, 7) is 3.08. The summed E-state index contributed by atoms with van der Waals surface area (Å²) in [7, 11) is 0. The van der Waals surface area contributed by atoms with Crippen molar-refractivity contribution in [2.75, 3.05) is 18.4 Å². The molecule has 3 aromatic rings. The van der Waals surface area contributed by atoms with E-state index in [9.17, 15) is 4.79 Å². The van der Waals surface area contributed by atoms with Gasteiger partial charge in [-0.2, -0.15) is 0 Å². The Labute approximate surface area is 152 Å². The van der Waals surface area contributed by atoms with E-state index in [0.717, 1.165) is 22.2 Å². The van der Waals surface area contributed by atoms with Crippen molar-refractivity contribution in [2.24, 2.45) is 0 Å². The van der Waals surface area contributed by atoms with E-state index in [1.54, 1.807) is 6.20 Å². The highest BCUT2D eigenvalue weighted by Crippen LogP contribution is 2.26. The zero-order valence-electron chi connectivity index (χ0n) is 14.6. The van der Waals surface area contributed by atoms with E-state index in [4.69, 9.17) is 4.74 Å². The number of para-hydroxylation sites is 1. The van der Waals surface area contributed by atoms with Crippen molar-refractivity contribution < 1.29 is 9.53 Å². The third-order valence-electron chi connectivity index (χ3n) is 4.59. The van der Waals surface area contributed by atoms with E-state index in [0.29, 0.717) is 13.1 Å². The molecule has 2 atom stereocenters. The molecule has 2 heterocycles. The number of rotatable bonds is 2. The minimum atomic E-state index is -0.126. The lowest BCUT2D eigenvalue weighted by atomic mass is 10.1. The number of hydrogen-bond acceptors (Lipinski definition) is 3. The standard InChI is InChI=1S/C21H21N3O2/c1-15-13-24(14-19(26-15)16-7-3-2-4-8-16)21(25)23-18-11-5-9-17-10-6-12-22-20(17)18/h2-12,15,19H,13-14H2,1H3,(H,23,25)/t15-,19-/m1/s1. The zero-order chi connectivity index (χ0) is 17.9. The Morgan fingerprint density at radius 2 is 1.88 bits per heavy atom. The molecule has 2 aromatic carbocycles. The summed E-state index contributed by atoms with van der Waals surface area (Å²) in [4.78, 5) is 19.1. The summed E-state index contributed by atoms with van der Waals surface area (Å²) in [5.41, 5.74) is 2.61. The molecule has 4 rings (SSSR count). The number of nitrogens with one attached hydrogen (secondary N) is 1. The highest BCUT2D eigenvalue weighted by molar-refractivity contribution is 5.99. The van der Waals surface area contributed by atoms with Gasteiger partial charge in [0.05, 0.1) is 23.9 Å². The maximum Gasteiger partial charge on any atom is 0.322 e. The number of benzene rings is 2. The number of aromatic nitrogens is 1. The lowest BCUT2D eigenvalue weighted by Crippen LogP contribution is -2.47. The van der Waals surface area contributed by atoms with Crippen LogP contribution in [0.1, 0.15) is 18.6 Å². The van der Waals surface area contributed by atoms with Crippen LogP contribution in [0.25, 0.3) is 10.9 Å². The van der Waals surface area contributed by atoms with Crippen molar-refractivity contribution in [3.63, 3.8) is 0 Å². The van der Waals surface area contributed by atoms with E-state index in [2.05, 4.69) is 10.3 Å². The summed E-state index contributed by atoms with van der Waals surface area (Å²) >= 11 is 0. The largest absolute Gasteiger partial charge is 0.367 e. The van der Waals surface area contributed by atoms with Crippen LogP contribution in [0.5, 0.6) is 0 Å². The average molecular weight is 347 g/mol. The molecule has 1 saturated heterocycles. The molecule has 2 amide bonds. The number of carbonyl (C=O) groups excluding carboxylic acids is 1. The third-order valence-corrected chi connectivity index (χ3v) is 4.59. The van der Waals surface area contributed by atoms with Gasteiger partial charge in [0.2, 0.25) is 0 Å². The molecular formula is C21H21N3O2. The molecule has 0 saturated carbocycles. The Balaban J connectivity index is 1.53. The monoisotopic (exact) mass is 347 g/mol. The maximum atomic E-state index is 12.9. The number of carbonyl (C=O) groups is 1. The van der Waals surface area contributed by atoms with Gasteiger partial charge in [-0.05, 0) is 24.6 Å². The molecule has 1 aromatic heterocycles. The predicted molar refractivity (Wildman–Crippen MR) is 102 cm³/mol. The van der Waals surface area contributed by atoms with Crippen LogP contribution in [0.3, 0.4) is 0 Å². The summed E-state index contributed by atoms with van der Waals surface area (Å²) in [6.07, 6.45) is 1.60. The predicted octanol–water partition coefficient (Wildman–Crippen LogP) is 4.23. The lowest BCUT2D eigenvalue weighted by Gasteiger charge is -2.37. The highest BCUT2D eigenvalue weighted by atomic mass is 16.5. The first-order chi connectivity index (χ1) is 12.7. The summed E-state index contributed by atoms with van der Waals surface area (Å²) in [5.74, 6) is 0. The van der Waals surface area contributed by atoms with Gasteiger partial charge in [0.25, 0.3) is 0 Å². The molecular weight excluding hydrogens is 326 g/mol. The van der Waals surface area contributed by atoms with Crippen LogP contribution in [-0.2, 0) is 4.74 Å². The molecule has 0 spiro atoms. The number of nitrogens with zero attached hydrogens (tertiary/aromatic N) is 2. The molecule has 0 aliphatic carbocycles. The molecule has 1 aliphatic heterocycles. The quantitative estimate of drug-likeness (QED) is 0.755. The van der Waals surface area contributed by atoms with Gasteiger partial charge in [-0.15, -0.1) is 0 Å². The van der Waals surface area contributed by atoms with Gasteiger partial charge in [0, 0.05) is 18.1 Å². The highest BCUT2D eigenvalue weighted by Gasteiger charge is 2.29. The minimum Gasteiger partial charge on any atom is -0.367 e. The van der Waals surface area contributed by atoms with Crippen molar-refractivity contribution >= 4 is 22.6 Å². The molecule has 0 radical (unpaired) electrons. The first kappa shape index (κ1) is 16.5. The van der Waals surface area contributed by atoms with Crippen molar-refractivity contribution in [1.29, 1.82) is 0 Å². The van der Waals surface area contributed by atoms with E-state index in [1.165, 1.54) is 0 Å². The van der Waals surface area contributed by atoms with Crippen LogP contribution in [0.15, 0.2) is 66.9 Å². The molecule has 5 heteroatoms. The maximum absolute atomic E-state index is 12.9. The fraction of sp³-hybridized carbons (Fsp3) is 0.238. The third kappa shape index (κ3) is 3.39. The lowest BCUT2D eigenvalue weighted by molar-refractivity contribution is -0.0642. The van der Waals surface area contributed by atoms with Crippen LogP contribution in [0.4, 0.5) is 10.5 Å². The number of urea groups is 1. The van der Waals surface area contributed by atoms with Gasteiger partial charge in [-0.25, -0.2) is 4.79 Å². The number of anilines is 1. The second kappa shape index (κ2) is 7.14. The van der Waals surface area contributed by atoms with Crippen molar-refractivity contribution in [3.05, 3.63) is 72.4 Å². The Morgan fingerprint density at radius 1 is 1.08 bits per heavy atom. The van der Waals surface area contributed by atoms with Gasteiger partial charge >= 0.3 is 6.03 Å². The zero-order valence-corrected chi connectivity index (χ0v) is 14.6. The number of amides is 2. The van der Waals surface area contributed by atoms with Crippen LogP contribution in [0.2, 0.25) is 0 Å². The number of hydrogen-bond donors (Lipinski definition) is 1. The van der Waals surface area contributed by atoms with Gasteiger partial charge in [-0.1, -0.05) is 48.5 Å². The van der Waals surface area contributed by atoms with Crippen LogP contribution in [0, 0.1) is 0 Å². The van der Waals surface area contributed by atoms with Gasteiger partial charge in [-0.3, -0.25) is 4.98 Å². The second-order valence-electron chi connectivity index (χ2n) is 6.56. The molecule has 0 unspecified atom stereocenters. The van der Waals surface area contributed by atoms with E-state index in [1.807, 2.05) is 72.5 Å². The first-order valence-corrected chi connectivity index (χ1v) is 8.81. The SMILES string of the molecule is C[C@@H]1CN(C(=O)Nc2cccc3cccnc23)C[C@H](c2ccccc2)O1. The Bertz CT molecular complexity index is 908. The minimum absolute atomic E-state index is 0.0228. The first-order valence-electron chi connectivity index (χ1n) is 8.81. The smallest absolute Gasteiger partial charge is 0.322 e. The number of fused-ring (bicyclic) bond motifs is 1. The van der Waals surface area contributed by atoms with E-state index in [-0.39, 0.29) is 18.2 Å². The van der Waals surface area contributed by atoms with Gasteiger partial charge in [0.1, 0.15) is 6.10 Å². The molecule has 1 fully saturated rings. The second-order valence-corrected chi connectivity index (χ2v) is 6.56. The Hall–Kier alpha value is -2.92. The van der Waals surface area contributed by atoms with Crippen LogP contribution >= 0.6 is 0 Å². The van der Waals surface area contributed by atoms with E-state index < -0.39 is 0 Å². The average Bonchev–Trinajstić information content (AvgIpc) is 2.68. The number of morpholine rings is 1. The molecule has 1 aliphatic rings. The molecule has 0 bridgehead atoms. The van der Waals surface area contributed by atoms with Crippen LogP contribution in [-0.4, -0.2) is 35.1 Å². The molecule has 1 N–H and O–H groups in total. The van der Waals surface area contributed by atoms with Crippen LogP contribution < -0.4 is 5.32 Å².